The molecule has 3 aromatic heterocycles. The minimum absolute atomic E-state index is 0. The number of aromatic nitrogens is 3. The maximum absolute atomic E-state index is 13.2. The zero-order valence-electron chi connectivity index (χ0n) is 29.1. The molecule has 0 spiro atoms. The molecule has 0 aliphatic heterocycles. The summed E-state index contributed by atoms with van der Waals surface area (Å²) in [6, 6.07) is 4.74. The van der Waals surface area contributed by atoms with Crippen molar-refractivity contribution in [1.29, 1.82) is 0 Å². The number of anilines is 3. The Bertz CT molecular complexity index is 1650. The van der Waals surface area contributed by atoms with Crippen LogP contribution in [0.2, 0.25) is 0 Å². The van der Waals surface area contributed by atoms with E-state index in [0.717, 1.165) is 38.6 Å². The van der Waals surface area contributed by atoms with Crippen molar-refractivity contribution in [2.75, 3.05) is 43.1 Å². The molecule has 17 heteroatoms. The molecular weight excluding hydrogens is 705 g/mol. The molecule has 15 nitrogen and oxygen atoms in total. The molecular formula is C33H48ClN9O6V+2. The van der Waals surface area contributed by atoms with Gasteiger partial charge in [0.25, 0.3) is 17.7 Å². The molecule has 2 unspecified atom stereocenters. The van der Waals surface area contributed by atoms with Crippen LogP contribution in [0.1, 0.15) is 76.4 Å². The molecule has 2 atom stereocenters. The van der Waals surface area contributed by atoms with Gasteiger partial charge in [0, 0.05) is 59.1 Å². The number of nitrogens with zero attached hydrogens (tertiary/aromatic N) is 4. The summed E-state index contributed by atoms with van der Waals surface area (Å²) in [5.41, 5.74) is 4.01. The number of rotatable bonds is 14. The molecule has 5 amide bonds. The van der Waals surface area contributed by atoms with Gasteiger partial charge in [-0.3, -0.25) is 29.2 Å². The fourth-order valence-electron chi connectivity index (χ4n) is 6.21. The van der Waals surface area contributed by atoms with Crippen molar-refractivity contribution in [2.45, 2.75) is 44.9 Å². The van der Waals surface area contributed by atoms with Gasteiger partial charge < -0.3 is 39.9 Å². The smallest absolute Gasteiger partial charge is 0.351 e. The van der Waals surface area contributed by atoms with E-state index in [1.54, 1.807) is 77.1 Å². The van der Waals surface area contributed by atoms with Crippen LogP contribution in [0.15, 0.2) is 36.8 Å². The number of aryl methyl sites for hydroxylation is 3. The molecule has 4 rings (SSSR count). The molecule has 6 N–H and O–H groups in total. The molecule has 1 saturated carbocycles. The quantitative estimate of drug-likeness (QED) is 0.0829. The molecule has 271 valence electrons. The van der Waals surface area contributed by atoms with Crippen molar-refractivity contribution < 1.29 is 47.7 Å². The minimum atomic E-state index is -0.449. The Hall–Kier alpha value is -4.02. The van der Waals surface area contributed by atoms with Gasteiger partial charge in [-0.05, 0) is 69.9 Å². The predicted octanol–water partition coefficient (Wildman–Crippen LogP) is 3.34. The molecule has 1 aliphatic carbocycles. The molecule has 1 fully saturated rings. The summed E-state index contributed by atoms with van der Waals surface area (Å²) >= 11 is 0. The monoisotopic (exact) mass is 752 g/mol. The van der Waals surface area contributed by atoms with Crippen LogP contribution in [0.25, 0.3) is 0 Å². The van der Waals surface area contributed by atoms with E-state index >= 15 is 0 Å². The molecule has 3 aromatic rings. The van der Waals surface area contributed by atoms with Gasteiger partial charge in [0.2, 0.25) is 11.8 Å². The minimum Gasteiger partial charge on any atom is -0.351 e. The van der Waals surface area contributed by atoms with E-state index in [4.69, 9.17) is 5.21 Å². The zero-order chi connectivity index (χ0) is 35.0. The van der Waals surface area contributed by atoms with Crippen LogP contribution in [0, 0.1) is 11.8 Å². The summed E-state index contributed by atoms with van der Waals surface area (Å²) < 4.78 is 4.84. The molecule has 0 saturated heterocycles. The SMILES string of the molecule is CN(C)CCCNC(=O)c1cc(NC(=O)c2cc(NC(=O)c3cc(NC(=O)CC4CCCCC4CC(=O)NO)cn3C)cn2C)cn1C.Cl.[V+2]. The molecule has 1 radical (unpaired) electrons. The number of hydroxylamine groups is 1. The molecule has 0 aromatic carbocycles. The molecule has 50 heavy (non-hydrogen) atoms. The van der Waals surface area contributed by atoms with E-state index in [1.807, 2.05) is 19.0 Å². The van der Waals surface area contributed by atoms with E-state index in [2.05, 4.69) is 21.3 Å². The Morgan fingerprint density at radius 2 is 1.14 bits per heavy atom. The van der Waals surface area contributed by atoms with Crippen molar-refractivity contribution in [2.24, 2.45) is 33.0 Å². The third-order valence-corrected chi connectivity index (χ3v) is 8.67. The first-order chi connectivity index (χ1) is 22.8. The van der Waals surface area contributed by atoms with Gasteiger partial charge in [0.15, 0.2) is 0 Å². The number of hydrogen-bond donors (Lipinski definition) is 6. The summed E-state index contributed by atoms with van der Waals surface area (Å²) in [6.45, 7) is 1.40. The number of carbonyl (C=O) groups excluding carboxylic acids is 5. The van der Waals surface area contributed by atoms with Gasteiger partial charge in [-0.25, -0.2) is 5.48 Å². The first-order valence-corrected chi connectivity index (χ1v) is 16.1. The zero-order valence-corrected chi connectivity index (χ0v) is 31.3. The topological polar surface area (TPSA) is 184 Å². The summed E-state index contributed by atoms with van der Waals surface area (Å²) in [4.78, 5) is 65.6. The van der Waals surface area contributed by atoms with Gasteiger partial charge in [-0.2, -0.15) is 0 Å². The number of amides is 5. The number of hydrogen-bond acceptors (Lipinski definition) is 7. The Kier molecular flexibility index (Phi) is 16.4. The molecule has 0 bridgehead atoms. The average molecular weight is 753 g/mol. The van der Waals surface area contributed by atoms with Crippen molar-refractivity contribution >= 4 is 59.0 Å². The standard InChI is InChI=1S/C33H47N9O6.ClH.V/c1-39(2)12-8-11-34-31(45)26-16-24(19-40(26)3)36-33(47)28-17-25(20-42(28)5)37-32(46)27-15-23(18-41(27)4)35-29(43)13-21-9-6-7-10-22(21)14-30(44)38-48;;/h15-22,48H,6-14H2,1-5H3,(H,34,45)(H,35,43)(H,36,47)(H,37,46)(H,38,44);1H;/q;;+2. The molecule has 1 aliphatic rings. The Labute approximate surface area is 310 Å². The van der Waals surface area contributed by atoms with Crippen LogP contribution in [0.5, 0.6) is 0 Å². The maximum atomic E-state index is 13.2. The van der Waals surface area contributed by atoms with E-state index in [9.17, 15) is 24.0 Å². The van der Waals surface area contributed by atoms with Gasteiger partial charge >= 0.3 is 18.6 Å². The van der Waals surface area contributed by atoms with Gasteiger partial charge in [0.1, 0.15) is 17.1 Å². The Morgan fingerprint density at radius 1 is 0.720 bits per heavy atom. The van der Waals surface area contributed by atoms with E-state index in [1.165, 1.54) is 0 Å². The first-order valence-electron chi connectivity index (χ1n) is 16.1. The van der Waals surface area contributed by atoms with Crippen molar-refractivity contribution in [3.63, 3.8) is 0 Å². The average Bonchev–Trinajstić information content (AvgIpc) is 3.70. The van der Waals surface area contributed by atoms with Gasteiger partial charge in [0.05, 0.1) is 17.1 Å². The Balaban J connectivity index is 0.00000433. The normalized spacial score (nSPS) is 15.3. The van der Waals surface area contributed by atoms with Crippen molar-refractivity contribution in [1.82, 2.24) is 29.4 Å². The second-order valence-electron chi connectivity index (χ2n) is 12.8. The second kappa shape index (κ2) is 19.4. The van der Waals surface area contributed by atoms with Crippen LogP contribution >= 0.6 is 12.4 Å². The van der Waals surface area contributed by atoms with Crippen LogP contribution in [0.4, 0.5) is 17.1 Å². The summed E-state index contributed by atoms with van der Waals surface area (Å²) in [5.74, 6) is -1.69. The Morgan fingerprint density at radius 3 is 1.58 bits per heavy atom. The van der Waals surface area contributed by atoms with E-state index < -0.39 is 17.7 Å². The number of nitrogens with one attached hydrogen (secondary N) is 5. The van der Waals surface area contributed by atoms with Gasteiger partial charge in [-0.1, -0.05) is 12.8 Å². The largest absolute Gasteiger partial charge is 2.00 e. The summed E-state index contributed by atoms with van der Waals surface area (Å²) in [5, 5.41) is 20.3. The maximum Gasteiger partial charge on any atom is 2.00 e. The van der Waals surface area contributed by atoms with Crippen molar-refractivity contribution in [3.05, 3.63) is 53.9 Å². The summed E-state index contributed by atoms with van der Waals surface area (Å²) in [6.07, 6.45) is 9.78. The first kappa shape index (κ1) is 42.2. The molecule has 3 heterocycles. The predicted molar refractivity (Wildman–Crippen MR) is 188 cm³/mol. The van der Waals surface area contributed by atoms with E-state index in [0.29, 0.717) is 40.7 Å². The number of carbonyl (C=O) groups is 5. The van der Waals surface area contributed by atoms with Gasteiger partial charge in [-0.15, -0.1) is 12.4 Å². The van der Waals surface area contributed by atoms with E-state index in [-0.39, 0.29) is 67.5 Å². The fraction of sp³-hybridized carbons (Fsp3) is 0.485. The summed E-state index contributed by atoms with van der Waals surface area (Å²) in [7, 11) is 9.06. The van der Waals surface area contributed by atoms with Crippen LogP contribution < -0.4 is 26.7 Å². The second-order valence-corrected chi connectivity index (χ2v) is 12.8. The third-order valence-electron chi connectivity index (χ3n) is 8.67. The van der Waals surface area contributed by atoms with Crippen LogP contribution in [-0.4, -0.2) is 80.5 Å². The number of halogens is 1. The van der Waals surface area contributed by atoms with Crippen molar-refractivity contribution in [3.8, 4) is 0 Å². The fourth-order valence-corrected chi connectivity index (χ4v) is 6.21. The van der Waals surface area contributed by atoms with Crippen LogP contribution in [-0.2, 0) is 49.3 Å². The van der Waals surface area contributed by atoms with Crippen LogP contribution in [0.3, 0.4) is 0 Å². The third kappa shape index (κ3) is 11.5.